The zero-order valence-electron chi connectivity index (χ0n) is 15.3. The lowest BCUT2D eigenvalue weighted by molar-refractivity contribution is -0.145. The SMILES string of the molecule is COC(=O)c1c(C)[nH]c(C(=O)[C@@H](C)OC(=O)Cc2ccc(Cl)cc2Cl)c1C. The van der Waals surface area contributed by atoms with E-state index in [-0.39, 0.29) is 12.1 Å². The summed E-state index contributed by atoms with van der Waals surface area (Å²) in [4.78, 5) is 39.5. The van der Waals surface area contributed by atoms with Crippen molar-refractivity contribution in [3.8, 4) is 0 Å². The lowest BCUT2D eigenvalue weighted by atomic mass is 10.1. The van der Waals surface area contributed by atoms with Gasteiger partial charge >= 0.3 is 11.9 Å². The molecule has 1 aromatic carbocycles. The Morgan fingerprint density at radius 1 is 1.19 bits per heavy atom. The Morgan fingerprint density at radius 2 is 1.85 bits per heavy atom. The molecule has 1 aromatic heterocycles. The highest BCUT2D eigenvalue weighted by molar-refractivity contribution is 6.35. The van der Waals surface area contributed by atoms with Gasteiger partial charge in [-0.2, -0.15) is 0 Å². The number of Topliss-reactive ketones (excluding diaryl/α,β-unsaturated/α-hetero) is 1. The van der Waals surface area contributed by atoms with E-state index in [0.29, 0.717) is 32.4 Å². The summed E-state index contributed by atoms with van der Waals surface area (Å²) in [6, 6.07) is 4.77. The molecule has 1 heterocycles. The fourth-order valence-electron chi connectivity index (χ4n) is 2.72. The fourth-order valence-corrected chi connectivity index (χ4v) is 3.20. The molecule has 0 aliphatic carbocycles. The first kappa shape index (κ1) is 21.0. The summed E-state index contributed by atoms with van der Waals surface area (Å²) in [6.45, 7) is 4.76. The molecule has 1 atom stereocenters. The first-order valence-electron chi connectivity index (χ1n) is 8.10. The number of ether oxygens (including phenoxy) is 2. The zero-order valence-corrected chi connectivity index (χ0v) is 16.8. The number of methoxy groups -OCH3 is 1. The Kier molecular flexibility index (Phi) is 6.68. The number of aromatic amines is 1. The summed E-state index contributed by atoms with van der Waals surface area (Å²) in [7, 11) is 1.27. The Labute approximate surface area is 166 Å². The second-order valence-corrected chi connectivity index (χ2v) is 6.87. The minimum Gasteiger partial charge on any atom is -0.465 e. The van der Waals surface area contributed by atoms with E-state index in [1.807, 2.05) is 0 Å². The number of aromatic nitrogens is 1. The monoisotopic (exact) mass is 411 g/mol. The van der Waals surface area contributed by atoms with E-state index < -0.39 is 23.8 Å². The number of carbonyl (C=O) groups excluding carboxylic acids is 3. The van der Waals surface area contributed by atoms with Gasteiger partial charge in [-0.15, -0.1) is 0 Å². The van der Waals surface area contributed by atoms with Crippen LogP contribution in [-0.4, -0.2) is 35.9 Å². The molecule has 0 unspecified atom stereocenters. The van der Waals surface area contributed by atoms with Crippen LogP contribution < -0.4 is 0 Å². The van der Waals surface area contributed by atoms with Crippen molar-refractivity contribution in [1.29, 1.82) is 0 Å². The number of rotatable bonds is 6. The molecule has 27 heavy (non-hydrogen) atoms. The van der Waals surface area contributed by atoms with Crippen LogP contribution in [0.25, 0.3) is 0 Å². The van der Waals surface area contributed by atoms with Gasteiger partial charge in [-0.3, -0.25) is 9.59 Å². The lowest BCUT2D eigenvalue weighted by Crippen LogP contribution is -2.26. The number of carbonyl (C=O) groups is 3. The van der Waals surface area contributed by atoms with Crippen LogP contribution >= 0.6 is 23.2 Å². The first-order valence-corrected chi connectivity index (χ1v) is 8.86. The number of halogens is 2. The van der Waals surface area contributed by atoms with Gasteiger partial charge in [0, 0.05) is 15.7 Å². The molecule has 0 spiro atoms. The predicted molar refractivity (Wildman–Crippen MR) is 102 cm³/mol. The fraction of sp³-hybridized carbons (Fsp3) is 0.316. The summed E-state index contributed by atoms with van der Waals surface area (Å²) in [5.41, 5.74) is 2.01. The molecule has 0 amide bonds. The highest BCUT2D eigenvalue weighted by Gasteiger charge is 2.27. The van der Waals surface area contributed by atoms with Crippen molar-refractivity contribution in [2.75, 3.05) is 7.11 Å². The van der Waals surface area contributed by atoms with E-state index in [1.54, 1.807) is 26.0 Å². The van der Waals surface area contributed by atoms with Crippen LogP contribution in [0.2, 0.25) is 10.0 Å². The van der Waals surface area contributed by atoms with Crippen molar-refractivity contribution in [1.82, 2.24) is 4.98 Å². The van der Waals surface area contributed by atoms with E-state index in [9.17, 15) is 14.4 Å². The third kappa shape index (κ3) is 4.70. The highest BCUT2D eigenvalue weighted by Crippen LogP contribution is 2.23. The zero-order chi connectivity index (χ0) is 20.3. The standard InChI is InChI=1S/C19H19Cl2NO5/c1-9-16(19(25)26-4)10(2)22-17(9)18(24)11(3)27-15(23)7-12-5-6-13(20)8-14(12)21/h5-6,8,11,22H,7H2,1-4H3/t11-/m1/s1. The van der Waals surface area contributed by atoms with Gasteiger partial charge in [0.15, 0.2) is 6.10 Å². The van der Waals surface area contributed by atoms with Crippen molar-refractivity contribution in [2.45, 2.75) is 33.3 Å². The molecule has 2 rings (SSSR count). The molecule has 0 radical (unpaired) electrons. The topological polar surface area (TPSA) is 85.5 Å². The second kappa shape index (κ2) is 8.59. The molecular weight excluding hydrogens is 393 g/mol. The van der Waals surface area contributed by atoms with Gasteiger partial charge in [-0.05, 0) is 44.0 Å². The average molecular weight is 412 g/mol. The average Bonchev–Trinajstić information content (AvgIpc) is 2.90. The van der Waals surface area contributed by atoms with Crippen LogP contribution in [0.1, 0.15) is 44.6 Å². The van der Waals surface area contributed by atoms with Crippen molar-refractivity contribution in [3.05, 3.63) is 56.3 Å². The van der Waals surface area contributed by atoms with Crippen molar-refractivity contribution >= 4 is 40.9 Å². The molecule has 0 fully saturated rings. The van der Waals surface area contributed by atoms with Crippen LogP contribution in [0.3, 0.4) is 0 Å². The van der Waals surface area contributed by atoms with E-state index >= 15 is 0 Å². The number of aryl methyl sites for hydroxylation is 1. The van der Waals surface area contributed by atoms with E-state index in [4.69, 9.17) is 32.7 Å². The molecule has 144 valence electrons. The number of ketones is 1. The quantitative estimate of drug-likeness (QED) is 0.571. The molecule has 0 bridgehead atoms. The molecule has 0 aliphatic rings. The molecule has 2 aromatic rings. The third-order valence-electron chi connectivity index (χ3n) is 4.10. The normalized spacial score (nSPS) is 11.8. The van der Waals surface area contributed by atoms with Crippen LogP contribution in [-0.2, 0) is 20.7 Å². The van der Waals surface area contributed by atoms with Gasteiger partial charge < -0.3 is 14.5 Å². The molecule has 8 heteroatoms. The van der Waals surface area contributed by atoms with Crippen molar-refractivity contribution in [2.24, 2.45) is 0 Å². The van der Waals surface area contributed by atoms with Gasteiger partial charge in [-0.1, -0.05) is 29.3 Å². The van der Waals surface area contributed by atoms with Crippen LogP contribution in [0, 0.1) is 13.8 Å². The maximum Gasteiger partial charge on any atom is 0.339 e. The predicted octanol–water partition coefficient (Wildman–Crippen LogP) is 4.08. The Bertz CT molecular complexity index is 904. The molecule has 0 saturated carbocycles. The first-order chi connectivity index (χ1) is 12.6. The number of benzene rings is 1. The van der Waals surface area contributed by atoms with E-state index in [1.165, 1.54) is 20.1 Å². The second-order valence-electron chi connectivity index (χ2n) is 6.03. The smallest absolute Gasteiger partial charge is 0.339 e. The van der Waals surface area contributed by atoms with Crippen LogP contribution in [0.5, 0.6) is 0 Å². The third-order valence-corrected chi connectivity index (χ3v) is 4.69. The Balaban J connectivity index is 2.11. The molecule has 0 saturated heterocycles. The maximum atomic E-state index is 12.6. The van der Waals surface area contributed by atoms with E-state index in [0.717, 1.165) is 0 Å². The number of H-pyrrole nitrogens is 1. The number of hydrogen-bond donors (Lipinski definition) is 1. The minimum atomic E-state index is -1.04. The maximum absolute atomic E-state index is 12.6. The van der Waals surface area contributed by atoms with E-state index in [2.05, 4.69) is 4.98 Å². The van der Waals surface area contributed by atoms with Gasteiger partial charge in [0.05, 0.1) is 24.8 Å². The van der Waals surface area contributed by atoms with Crippen LogP contribution in [0.15, 0.2) is 18.2 Å². The van der Waals surface area contributed by atoms with Gasteiger partial charge in [0.25, 0.3) is 0 Å². The lowest BCUT2D eigenvalue weighted by Gasteiger charge is -2.13. The molecule has 6 nitrogen and oxygen atoms in total. The summed E-state index contributed by atoms with van der Waals surface area (Å²) < 4.78 is 9.95. The minimum absolute atomic E-state index is 0.0935. The van der Waals surface area contributed by atoms with Gasteiger partial charge in [-0.25, -0.2) is 4.79 Å². The molecule has 1 N–H and O–H groups in total. The van der Waals surface area contributed by atoms with Gasteiger partial charge in [0.1, 0.15) is 0 Å². The highest BCUT2D eigenvalue weighted by atomic mass is 35.5. The summed E-state index contributed by atoms with van der Waals surface area (Å²) in [5, 5.41) is 0.802. The van der Waals surface area contributed by atoms with Gasteiger partial charge in [0.2, 0.25) is 5.78 Å². The van der Waals surface area contributed by atoms with Crippen molar-refractivity contribution in [3.63, 3.8) is 0 Å². The Hall–Kier alpha value is -2.31. The summed E-state index contributed by atoms with van der Waals surface area (Å²) in [6.07, 6.45) is -1.13. The number of hydrogen-bond acceptors (Lipinski definition) is 5. The molecular formula is C19H19Cl2NO5. The number of esters is 2. The van der Waals surface area contributed by atoms with Crippen molar-refractivity contribution < 1.29 is 23.9 Å². The van der Waals surface area contributed by atoms with Crippen LogP contribution in [0.4, 0.5) is 0 Å². The Morgan fingerprint density at radius 3 is 2.44 bits per heavy atom. The molecule has 0 aliphatic heterocycles. The largest absolute Gasteiger partial charge is 0.465 e. The summed E-state index contributed by atoms with van der Waals surface area (Å²) >= 11 is 11.9. The summed E-state index contributed by atoms with van der Waals surface area (Å²) in [5.74, 6) is -1.59. The number of nitrogens with one attached hydrogen (secondary N) is 1.